The second kappa shape index (κ2) is 5.83. The van der Waals surface area contributed by atoms with Gasteiger partial charge in [0.25, 0.3) is 0 Å². The molecule has 1 heterocycles. The SMILES string of the molecule is CCC1COCCN1CCNCC1CC1. The Morgan fingerprint density at radius 1 is 1.40 bits per heavy atom. The highest BCUT2D eigenvalue weighted by atomic mass is 16.5. The Hall–Kier alpha value is -0.120. The average Bonchev–Trinajstić information content (AvgIpc) is 3.09. The highest BCUT2D eigenvalue weighted by Gasteiger charge is 2.22. The number of ether oxygens (including phenoxy) is 1. The molecular formula is C12H24N2O. The van der Waals surface area contributed by atoms with Crippen molar-refractivity contribution >= 4 is 0 Å². The smallest absolute Gasteiger partial charge is 0.0622 e. The number of hydrogen-bond donors (Lipinski definition) is 1. The maximum absolute atomic E-state index is 5.50. The Labute approximate surface area is 93.2 Å². The van der Waals surface area contributed by atoms with E-state index in [0.29, 0.717) is 6.04 Å². The highest BCUT2D eigenvalue weighted by molar-refractivity contribution is 4.77. The van der Waals surface area contributed by atoms with Crippen molar-refractivity contribution in [2.24, 2.45) is 5.92 Å². The van der Waals surface area contributed by atoms with Crippen LogP contribution in [0.4, 0.5) is 0 Å². The Bertz CT molecular complexity index is 182. The standard InChI is InChI=1S/C12H24N2O/c1-2-12-10-15-8-7-14(12)6-5-13-9-11-3-4-11/h11-13H,2-10H2,1H3. The zero-order valence-corrected chi connectivity index (χ0v) is 9.87. The molecule has 3 heteroatoms. The van der Waals surface area contributed by atoms with Gasteiger partial charge in [0, 0.05) is 25.7 Å². The molecule has 0 spiro atoms. The summed E-state index contributed by atoms with van der Waals surface area (Å²) in [5.41, 5.74) is 0. The summed E-state index contributed by atoms with van der Waals surface area (Å²) >= 11 is 0. The van der Waals surface area contributed by atoms with Crippen molar-refractivity contribution in [2.45, 2.75) is 32.2 Å². The molecule has 1 atom stereocenters. The van der Waals surface area contributed by atoms with E-state index >= 15 is 0 Å². The molecule has 3 nitrogen and oxygen atoms in total. The fourth-order valence-corrected chi connectivity index (χ4v) is 2.21. The number of morpholine rings is 1. The van der Waals surface area contributed by atoms with Gasteiger partial charge in [0.2, 0.25) is 0 Å². The molecule has 0 bridgehead atoms. The highest BCUT2D eigenvalue weighted by Crippen LogP contribution is 2.27. The molecule has 0 aromatic heterocycles. The van der Waals surface area contributed by atoms with E-state index in [1.165, 1.54) is 32.4 Å². The van der Waals surface area contributed by atoms with Gasteiger partial charge in [0.05, 0.1) is 13.2 Å². The van der Waals surface area contributed by atoms with E-state index in [4.69, 9.17) is 4.74 Å². The van der Waals surface area contributed by atoms with Gasteiger partial charge in [0.1, 0.15) is 0 Å². The lowest BCUT2D eigenvalue weighted by atomic mass is 10.2. The minimum absolute atomic E-state index is 0.654. The predicted octanol–water partition coefficient (Wildman–Crippen LogP) is 1.10. The Morgan fingerprint density at radius 2 is 2.27 bits per heavy atom. The summed E-state index contributed by atoms with van der Waals surface area (Å²) in [6.45, 7) is 8.79. The molecule has 1 N–H and O–H groups in total. The quantitative estimate of drug-likeness (QED) is 0.667. The lowest BCUT2D eigenvalue weighted by Gasteiger charge is -2.35. The van der Waals surface area contributed by atoms with Gasteiger partial charge >= 0.3 is 0 Å². The first-order valence-electron chi connectivity index (χ1n) is 6.42. The summed E-state index contributed by atoms with van der Waals surface area (Å²) in [5.74, 6) is 0.997. The number of hydrogen-bond acceptors (Lipinski definition) is 3. The monoisotopic (exact) mass is 212 g/mol. The van der Waals surface area contributed by atoms with Gasteiger partial charge < -0.3 is 10.1 Å². The molecule has 1 aliphatic heterocycles. The van der Waals surface area contributed by atoms with Gasteiger partial charge in [-0.05, 0) is 31.7 Å². The second-order valence-corrected chi connectivity index (χ2v) is 4.82. The Kier molecular flexibility index (Phi) is 4.42. The van der Waals surface area contributed by atoms with Crippen LogP contribution >= 0.6 is 0 Å². The van der Waals surface area contributed by atoms with Crippen LogP contribution in [0, 0.1) is 5.92 Å². The zero-order valence-electron chi connectivity index (χ0n) is 9.87. The second-order valence-electron chi connectivity index (χ2n) is 4.82. The first kappa shape index (κ1) is 11.4. The summed E-state index contributed by atoms with van der Waals surface area (Å²) < 4.78 is 5.50. The molecule has 88 valence electrons. The summed E-state index contributed by atoms with van der Waals surface area (Å²) in [6, 6.07) is 0.654. The van der Waals surface area contributed by atoms with Gasteiger partial charge in [-0.25, -0.2) is 0 Å². The minimum Gasteiger partial charge on any atom is -0.378 e. The summed E-state index contributed by atoms with van der Waals surface area (Å²) in [5, 5.41) is 3.56. The van der Waals surface area contributed by atoms with E-state index < -0.39 is 0 Å². The van der Waals surface area contributed by atoms with Crippen LogP contribution < -0.4 is 5.32 Å². The van der Waals surface area contributed by atoms with Gasteiger partial charge in [-0.3, -0.25) is 4.90 Å². The molecule has 1 aliphatic carbocycles. The molecule has 0 aromatic rings. The maximum Gasteiger partial charge on any atom is 0.0622 e. The van der Waals surface area contributed by atoms with Gasteiger partial charge in [0.15, 0.2) is 0 Å². The molecule has 0 radical (unpaired) electrons. The van der Waals surface area contributed by atoms with Crippen LogP contribution in [0.2, 0.25) is 0 Å². The Morgan fingerprint density at radius 3 is 3.00 bits per heavy atom. The zero-order chi connectivity index (χ0) is 10.5. The molecule has 2 rings (SSSR count). The molecule has 2 fully saturated rings. The lowest BCUT2D eigenvalue weighted by molar-refractivity contribution is -0.00783. The van der Waals surface area contributed by atoms with Crippen LogP contribution in [0.25, 0.3) is 0 Å². The van der Waals surface area contributed by atoms with Gasteiger partial charge in [-0.2, -0.15) is 0 Å². The van der Waals surface area contributed by atoms with Crippen LogP contribution in [-0.4, -0.2) is 50.3 Å². The van der Waals surface area contributed by atoms with Crippen LogP contribution in [0.15, 0.2) is 0 Å². The predicted molar refractivity (Wildman–Crippen MR) is 62.1 cm³/mol. The summed E-state index contributed by atoms with van der Waals surface area (Å²) in [6.07, 6.45) is 4.10. The third kappa shape index (κ3) is 3.74. The first-order valence-corrected chi connectivity index (χ1v) is 6.42. The molecule has 0 aromatic carbocycles. The molecule has 2 aliphatic rings. The van der Waals surface area contributed by atoms with E-state index in [1.54, 1.807) is 0 Å². The minimum atomic E-state index is 0.654. The third-order valence-corrected chi connectivity index (χ3v) is 3.53. The first-order chi connectivity index (χ1) is 7.40. The number of rotatable bonds is 6. The summed E-state index contributed by atoms with van der Waals surface area (Å²) in [7, 11) is 0. The van der Waals surface area contributed by atoms with Crippen molar-refractivity contribution in [2.75, 3.05) is 39.4 Å². The van der Waals surface area contributed by atoms with Gasteiger partial charge in [-0.15, -0.1) is 0 Å². The molecule has 15 heavy (non-hydrogen) atoms. The fourth-order valence-electron chi connectivity index (χ4n) is 2.21. The normalized spacial score (nSPS) is 28.2. The van der Waals surface area contributed by atoms with Crippen LogP contribution in [0.1, 0.15) is 26.2 Å². The van der Waals surface area contributed by atoms with E-state index in [0.717, 1.165) is 32.2 Å². The van der Waals surface area contributed by atoms with Crippen molar-refractivity contribution < 1.29 is 4.74 Å². The van der Waals surface area contributed by atoms with E-state index in [2.05, 4.69) is 17.1 Å². The van der Waals surface area contributed by atoms with Crippen LogP contribution in [-0.2, 0) is 4.74 Å². The van der Waals surface area contributed by atoms with Gasteiger partial charge in [-0.1, -0.05) is 6.92 Å². The van der Waals surface area contributed by atoms with E-state index in [9.17, 15) is 0 Å². The molecule has 0 amide bonds. The largest absolute Gasteiger partial charge is 0.378 e. The number of nitrogens with one attached hydrogen (secondary N) is 1. The molecule has 1 saturated carbocycles. The average molecular weight is 212 g/mol. The molecule has 1 unspecified atom stereocenters. The summed E-state index contributed by atoms with van der Waals surface area (Å²) in [4.78, 5) is 2.57. The van der Waals surface area contributed by atoms with Crippen molar-refractivity contribution in [3.05, 3.63) is 0 Å². The van der Waals surface area contributed by atoms with E-state index in [-0.39, 0.29) is 0 Å². The van der Waals surface area contributed by atoms with Crippen molar-refractivity contribution in [3.63, 3.8) is 0 Å². The maximum atomic E-state index is 5.50. The van der Waals surface area contributed by atoms with Crippen LogP contribution in [0.5, 0.6) is 0 Å². The topological polar surface area (TPSA) is 24.5 Å². The Balaban J connectivity index is 1.58. The molecular weight excluding hydrogens is 188 g/mol. The number of nitrogens with zero attached hydrogens (tertiary/aromatic N) is 1. The molecule has 1 saturated heterocycles. The van der Waals surface area contributed by atoms with Crippen LogP contribution in [0.3, 0.4) is 0 Å². The van der Waals surface area contributed by atoms with Crippen molar-refractivity contribution in [3.8, 4) is 0 Å². The third-order valence-electron chi connectivity index (χ3n) is 3.53. The lowest BCUT2D eigenvalue weighted by Crippen LogP contribution is -2.47. The van der Waals surface area contributed by atoms with Crippen molar-refractivity contribution in [1.29, 1.82) is 0 Å². The van der Waals surface area contributed by atoms with Crippen molar-refractivity contribution in [1.82, 2.24) is 10.2 Å². The van der Waals surface area contributed by atoms with E-state index in [1.807, 2.05) is 0 Å². The fraction of sp³-hybridized carbons (Fsp3) is 1.00.